The lowest BCUT2D eigenvalue weighted by molar-refractivity contribution is -0.115. The Labute approximate surface area is 121 Å². The van der Waals surface area contributed by atoms with Gasteiger partial charge in [-0.15, -0.1) is 0 Å². The van der Waals surface area contributed by atoms with E-state index in [9.17, 15) is 9.18 Å². The van der Waals surface area contributed by atoms with Crippen LogP contribution in [-0.2, 0) is 4.79 Å². The molecule has 1 aliphatic rings. The zero-order chi connectivity index (χ0) is 13.8. The Morgan fingerprint density at radius 3 is 2.79 bits per heavy atom. The van der Waals surface area contributed by atoms with Gasteiger partial charge in [0, 0.05) is 11.7 Å². The number of benzene rings is 1. The maximum atomic E-state index is 13.4. The van der Waals surface area contributed by atoms with Crippen molar-refractivity contribution in [3.05, 3.63) is 28.0 Å². The lowest BCUT2D eigenvalue weighted by Crippen LogP contribution is -2.34. The number of hydrogen-bond acceptors (Lipinski definition) is 2. The van der Waals surface area contributed by atoms with Crippen LogP contribution in [0.4, 0.5) is 10.1 Å². The van der Waals surface area contributed by atoms with Crippen molar-refractivity contribution >= 4 is 27.5 Å². The summed E-state index contributed by atoms with van der Waals surface area (Å²) in [7, 11) is 0. The summed E-state index contributed by atoms with van der Waals surface area (Å²) >= 11 is 3.12. The number of halogens is 2. The Morgan fingerprint density at radius 1 is 1.42 bits per heavy atom. The normalized spacial score (nSPS) is 15.7. The third-order valence-electron chi connectivity index (χ3n) is 3.45. The Morgan fingerprint density at radius 2 is 2.11 bits per heavy atom. The van der Waals surface area contributed by atoms with E-state index in [2.05, 4.69) is 26.6 Å². The lowest BCUT2D eigenvalue weighted by Gasteiger charge is -2.13. The molecule has 1 fully saturated rings. The fourth-order valence-corrected chi connectivity index (χ4v) is 2.80. The number of hydrogen-bond donors (Lipinski definition) is 2. The molecule has 0 bridgehead atoms. The van der Waals surface area contributed by atoms with Crippen molar-refractivity contribution in [3.63, 3.8) is 0 Å². The number of amides is 1. The third kappa shape index (κ3) is 4.01. The minimum absolute atomic E-state index is 0.128. The van der Waals surface area contributed by atoms with Crippen molar-refractivity contribution in [2.45, 2.75) is 38.6 Å². The predicted molar refractivity (Wildman–Crippen MR) is 77.7 cm³/mol. The fourth-order valence-electron chi connectivity index (χ4n) is 2.34. The summed E-state index contributed by atoms with van der Waals surface area (Å²) in [5.74, 6) is -0.499. The van der Waals surface area contributed by atoms with Gasteiger partial charge in [-0.1, -0.05) is 12.8 Å². The van der Waals surface area contributed by atoms with Crippen molar-refractivity contribution < 1.29 is 9.18 Å². The molecule has 1 aromatic rings. The summed E-state index contributed by atoms with van der Waals surface area (Å²) in [6, 6.07) is 3.45. The van der Waals surface area contributed by atoms with E-state index >= 15 is 0 Å². The number of aryl methyl sites for hydroxylation is 1. The molecule has 3 nitrogen and oxygen atoms in total. The number of anilines is 1. The van der Waals surface area contributed by atoms with Crippen LogP contribution in [0.3, 0.4) is 0 Å². The highest BCUT2D eigenvalue weighted by Gasteiger charge is 2.15. The molecule has 2 N–H and O–H groups in total. The van der Waals surface area contributed by atoms with Gasteiger partial charge in [0.1, 0.15) is 5.82 Å². The molecule has 19 heavy (non-hydrogen) atoms. The van der Waals surface area contributed by atoms with Crippen LogP contribution in [0.5, 0.6) is 0 Å². The van der Waals surface area contributed by atoms with Crippen LogP contribution >= 0.6 is 15.9 Å². The van der Waals surface area contributed by atoms with Crippen molar-refractivity contribution in [2.24, 2.45) is 0 Å². The van der Waals surface area contributed by atoms with E-state index in [1.165, 1.54) is 18.9 Å². The van der Waals surface area contributed by atoms with Gasteiger partial charge < -0.3 is 10.6 Å². The van der Waals surface area contributed by atoms with Gasteiger partial charge in [-0.25, -0.2) is 4.39 Å². The van der Waals surface area contributed by atoms with Crippen molar-refractivity contribution in [1.29, 1.82) is 0 Å². The molecule has 1 saturated carbocycles. The standard InChI is InChI=1S/C14H18BrFN2O/c1-9-6-11(15)12(16)7-13(9)18-14(19)8-17-10-4-2-3-5-10/h6-7,10,17H,2-5,8H2,1H3,(H,18,19). The minimum atomic E-state index is -0.371. The smallest absolute Gasteiger partial charge is 0.238 e. The van der Waals surface area contributed by atoms with Gasteiger partial charge in [0.05, 0.1) is 11.0 Å². The van der Waals surface area contributed by atoms with Gasteiger partial charge in [-0.2, -0.15) is 0 Å². The van der Waals surface area contributed by atoms with Crippen molar-refractivity contribution in [3.8, 4) is 0 Å². The van der Waals surface area contributed by atoms with Crippen molar-refractivity contribution in [2.75, 3.05) is 11.9 Å². The largest absolute Gasteiger partial charge is 0.325 e. The molecular formula is C14H18BrFN2O. The van der Waals surface area contributed by atoms with Crippen LogP contribution in [0.25, 0.3) is 0 Å². The highest BCUT2D eigenvalue weighted by atomic mass is 79.9. The summed E-state index contributed by atoms with van der Waals surface area (Å²) in [6.07, 6.45) is 4.74. The molecule has 104 valence electrons. The number of carbonyl (C=O) groups is 1. The zero-order valence-electron chi connectivity index (χ0n) is 10.9. The molecule has 0 saturated heterocycles. The Hall–Kier alpha value is -0.940. The molecule has 1 aromatic carbocycles. The Balaban J connectivity index is 1.89. The second kappa shape index (κ2) is 6.48. The maximum Gasteiger partial charge on any atom is 0.238 e. The van der Waals surface area contributed by atoms with Crippen LogP contribution in [-0.4, -0.2) is 18.5 Å². The second-order valence-electron chi connectivity index (χ2n) is 4.99. The quantitative estimate of drug-likeness (QED) is 0.889. The average molecular weight is 329 g/mol. The molecule has 0 unspecified atom stereocenters. The molecule has 5 heteroatoms. The second-order valence-corrected chi connectivity index (χ2v) is 5.85. The summed E-state index contributed by atoms with van der Waals surface area (Å²) in [4.78, 5) is 11.8. The van der Waals surface area contributed by atoms with E-state index in [-0.39, 0.29) is 18.3 Å². The molecule has 0 spiro atoms. The topological polar surface area (TPSA) is 41.1 Å². The monoisotopic (exact) mass is 328 g/mol. The number of carbonyl (C=O) groups excluding carboxylic acids is 1. The predicted octanol–water partition coefficient (Wildman–Crippen LogP) is 3.37. The molecule has 0 aliphatic heterocycles. The first-order valence-corrected chi connectivity index (χ1v) is 7.34. The van der Waals surface area contributed by atoms with E-state index in [4.69, 9.17) is 0 Å². The molecule has 2 rings (SSSR count). The van der Waals surface area contributed by atoms with Gasteiger partial charge in [0.2, 0.25) is 5.91 Å². The van der Waals surface area contributed by atoms with E-state index in [0.717, 1.165) is 18.4 Å². The summed E-state index contributed by atoms with van der Waals surface area (Å²) in [5, 5.41) is 5.97. The van der Waals surface area contributed by atoms with Crippen molar-refractivity contribution in [1.82, 2.24) is 5.32 Å². The summed E-state index contributed by atoms with van der Waals surface area (Å²) in [5.41, 5.74) is 1.36. The number of rotatable bonds is 4. The summed E-state index contributed by atoms with van der Waals surface area (Å²) in [6.45, 7) is 2.12. The highest BCUT2D eigenvalue weighted by molar-refractivity contribution is 9.10. The van der Waals surface area contributed by atoms with Crippen LogP contribution in [0.15, 0.2) is 16.6 Å². The molecular weight excluding hydrogens is 311 g/mol. The average Bonchev–Trinajstić information content (AvgIpc) is 2.86. The highest BCUT2D eigenvalue weighted by Crippen LogP contribution is 2.24. The van der Waals surface area contributed by atoms with Gasteiger partial charge in [-0.3, -0.25) is 4.79 Å². The first kappa shape index (κ1) is 14.5. The molecule has 0 heterocycles. The molecule has 0 radical (unpaired) electrons. The fraction of sp³-hybridized carbons (Fsp3) is 0.500. The molecule has 1 amide bonds. The van der Waals surface area contributed by atoms with E-state index in [1.54, 1.807) is 6.07 Å². The Kier molecular flexibility index (Phi) is 4.93. The number of nitrogens with one attached hydrogen (secondary N) is 2. The van der Waals surface area contributed by atoms with Crippen LogP contribution in [0.1, 0.15) is 31.2 Å². The maximum absolute atomic E-state index is 13.4. The van der Waals surface area contributed by atoms with E-state index < -0.39 is 0 Å². The van der Waals surface area contributed by atoms with Gasteiger partial charge in [0.25, 0.3) is 0 Å². The third-order valence-corrected chi connectivity index (χ3v) is 4.06. The Bertz CT molecular complexity index is 473. The van der Waals surface area contributed by atoms with Crippen LogP contribution in [0.2, 0.25) is 0 Å². The lowest BCUT2D eigenvalue weighted by atomic mass is 10.2. The van der Waals surface area contributed by atoms with E-state index in [0.29, 0.717) is 16.2 Å². The first-order valence-electron chi connectivity index (χ1n) is 6.55. The van der Waals surface area contributed by atoms with Crippen LogP contribution < -0.4 is 10.6 Å². The van der Waals surface area contributed by atoms with E-state index in [1.807, 2.05) is 6.92 Å². The molecule has 1 aliphatic carbocycles. The SMILES string of the molecule is Cc1cc(Br)c(F)cc1NC(=O)CNC1CCCC1. The molecule has 0 atom stereocenters. The zero-order valence-corrected chi connectivity index (χ0v) is 12.5. The summed E-state index contributed by atoms with van der Waals surface area (Å²) < 4.78 is 13.8. The molecule has 0 aromatic heterocycles. The van der Waals surface area contributed by atoms with Gasteiger partial charge in [0.15, 0.2) is 0 Å². The van der Waals surface area contributed by atoms with Crippen LogP contribution in [0, 0.1) is 12.7 Å². The van der Waals surface area contributed by atoms with Gasteiger partial charge >= 0.3 is 0 Å². The first-order chi connectivity index (χ1) is 9.06. The van der Waals surface area contributed by atoms with Gasteiger partial charge in [-0.05, 0) is 53.4 Å². The minimum Gasteiger partial charge on any atom is -0.325 e.